The van der Waals surface area contributed by atoms with Gasteiger partial charge in [-0.25, -0.2) is 4.39 Å². The summed E-state index contributed by atoms with van der Waals surface area (Å²) in [6, 6.07) is 0.458. The molecule has 0 aliphatic heterocycles. The average Bonchev–Trinajstić information content (AvgIpc) is 3.31. The fourth-order valence-electron chi connectivity index (χ4n) is 6.34. The number of halogens is 1. The highest BCUT2D eigenvalue weighted by Gasteiger charge is 2.65. The smallest absolute Gasteiger partial charge is 0.265 e. The molecule has 0 unspecified atom stereocenters. The summed E-state index contributed by atoms with van der Waals surface area (Å²) in [4.78, 5) is 29.9. The predicted octanol–water partition coefficient (Wildman–Crippen LogP) is 4.01. The second-order valence-corrected chi connectivity index (χ2v) is 11.1. The molecule has 0 amide bonds. The highest BCUT2D eigenvalue weighted by atomic mass is 19.1. The van der Waals surface area contributed by atoms with Gasteiger partial charge in [0.15, 0.2) is 17.1 Å². The molecule has 40 heavy (non-hydrogen) atoms. The van der Waals surface area contributed by atoms with Crippen molar-refractivity contribution in [2.24, 2.45) is 11.8 Å². The Morgan fingerprint density at radius 3 is 2.48 bits per heavy atom. The number of carbonyl (C=O) groups is 2. The van der Waals surface area contributed by atoms with Crippen molar-refractivity contribution in [1.29, 1.82) is 0 Å². The number of Topliss-reactive ketones (excluding diaryl/α,β-unsaturated/α-hetero) is 2. The van der Waals surface area contributed by atoms with E-state index in [9.17, 15) is 19.8 Å². The summed E-state index contributed by atoms with van der Waals surface area (Å²) in [6.07, 6.45) is 3.28. The van der Waals surface area contributed by atoms with Gasteiger partial charge < -0.3 is 29.9 Å². The fraction of sp³-hybridized carbons (Fsp3) is 0.552. The molecule has 0 saturated heterocycles. The first-order chi connectivity index (χ1) is 19.1. The molecule has 0 spiro atoms. The first-order valence-electron chi connectivity index (χ1n) is 13.9. The lowest BCUT2D eigenvalue weighted by molar-refractivity contribution is -0.142. The molecule has 4 N–H and O–H groups in total. The molecule has 4 atom stereocenters. The van der Waals surface area contributed by atoms with Crippen LogP contribution in [0.4, 0.5) is 10.1 Å². The van der Waals surface area contributed by atoms with Crippen LogP contribution >= 0.6 is 0 Å². The zero-order chi connectivity index (χ0) is 28.9. The standard InChI is InChI=1S/C29H36FN3O7/c1-5-7-9-38-24-18(31)13-17(30)15-11-14-12-16-22(33(3)4)25-21(28(32-40-25)39-10-8-6-2)27(36)29(16,37)26(35)19(14)23(34)20(15)24/h13-14,16,22,34,37H,5-12,31H2,1-4H3/t14-,16-,22-,29-/m0/s1. The fourth-order valence-corrected chi connectivity index (χ4v) is 6.34. The Kier molecular flexibility index (Phi) is 7.39. The number of ether oxygens (including phenoxy) is 2. The van der Waals surface area contributed by atoms with Crippen molar-refractivity contribution in [3.05, 3.63) is 39.9 Å². The molecular formula is C29H36FN3O7. The first-order valence-corrected chi connectivity index (χ1v) is 13.9. The Balaban J connectivity index is 1.64. The van der Waals surface area contributed by atoms with E-state index in [1.54, 1.807) is 19.0 Å². The van der Waals surface area contributed by atoms with Gasteiger partial charge in [0, 0.05) is 23.1 Å². The number of fused-ring (bicyclic) bond motifs is 4. The molecule has 0 radical (unpaired) electrons. The number of aliphatic hydroxyl groups is 2. The summed E-state index contributed by atoms with van der Waals surface area (Å²) in [5.41, 5.74) is 3.53. The Morgan fingerprint density at radius 2 is 1.82 bits per heavy atom. The van der Waals surface area contributed by atoms with Gasteiger partial charge in [0.05, 0.1) is 30.5 Å². The highest BCUT2D eigenvalue weighted by Crippen LogP contribution is 2.56. The number of nitrogen functional groups attached to an aromatic ring is 1. The molecular weight excluding hydrogens is 521 g/mol. The molecule has 10 nitrogen and oxygen atoms in total. The molecule has 1 saturated carbocycles. The van der Waals surface area contributed by atoms with E-state index in [1.165, 1.54) is 0 Å². The van der Waals surface area contributed by atoms with Gasteiger partial charge in [0.1, 0.15) is 17.1 Å². The summed E-state index contributed by atoms with van der Waals surface area (Å²) >= 11 is 0. The van der Waals surface area contributed by atoms with E-state index in [4.69, 9.17) is 19.7 Å². The Morgan fingerprint density at radius 1 is 1.15 bits per heavy atom. The minimum Gasteiger partial charge on any atom is -0.507 e. The van der Waals surface area contributed by atoms with Gasteiger partial charge in [0.2, 0.25) is 11.6 Å². The number of unbranched alkanes of at least 4 members (excludes halogenated alkanes) is 2. The van der Waals surface area contributed by atoms with Crippen molar-refractivity contribution in [3.8, 4) is 11.6 Å². The van der Waals surface area contributed by atoms with Crippen LogP contribution in [0.25, 0.3) is 5.76 Å². The summed E-state index contributed by atoms with van der Waals surface area (Å²) in [5.74, 6) is -4.33. The highest BCUT2D eigenvalue weighted by molar-refractivity contribution is 6.26. The van der Waals surface area contributed by atoms with Gasteiger partial charge in [-0.15, -0.1) is 0 Å². The molecule has 3 aliphatic carbocycles. The van der Waals surface area contributed by atoms with E-state index in [0.29, 0.717) is 12.8 Å². The molecule has 216 valence electrons. The van der Waals surface area contributed by atoms with E-state index in [0.717, 1.165) is 18.9 Å². The van der Waals surface area contributed by atoms with Crippen molar-refractivity contribution in [2.75, 3.05) is 33.0 Å². The quantitative estimate of drug-likeness (QED) is 0.235. The Bertz CT molecular complexity index is 1380. The Hall–Kier alpha value is -3.44. The lowest BCUT2D eigenvalue weighted by Gasteiger charge is -2.49. The Labute approximate surface area is 231 Å². The second-order valence-electron chi connectivity index (χ2n) is 11.1. The topological polar surface area (TPSA) is 148 Å². The lowest BCUT2D eigenvalue weighted by Crippen LogP contribution is -2.63. The van der Waals surface area contributed by atoms with E-state index in [1.807, 2.05) is 13.8 Å². The average molecular weight is 558 g/mol. The monoisotopic (exact) mass is 557 g/mol. The van der Waals surface area contributed by atoms with Crippen molar-refractivity contribution in [1.82, 2.24) is 10.1 Å². The molecule has 0 bridgehead atoms. The number of ketones is 2. The van der Waals surface area contributed by atoms with Crippen LogP contribution < -0.4 is 15.2 Å². The van der Waals surface area contributed by atoms with Crippen molar-refractivity contribution < 1.29 is 38.2 Å². The van der Waals surface area contributed by atoms with Crippen LogP contribution in [0.15, 0.2) is 16.2 Å². The maximum atomic E-state index is 15.2. The van der Waals surface area contributed by atoms with Crippen LogP contribution in [0.2, 0.25) is 0 Å². The van der Waals surface area contributed by atoms with E-state index >= 15 is 4.39 Å². The normalized spacial score (nSPS) is 25.4. The van der Waals surface area contributed by atoms with Crippen LogP contribution in [0.1, 0.15) is 79.2 Å². The van der Waals surface area contributed by atoms with Gasteiger partial charge >= 0.3 is 0 Å². The van der Waals surface area contributed by atoms with Gasteiger partial charge in [-0.2, -0.15) is 0 Å². The van der Waals surface area contributed by atoms with Crippen molar-refractivity contribution in [3.63, 3.8) is 0 Å². The lowest BCUT2D eigenvalue weighted by atomic mass is 9.57. The molecule has 11 heteroatoms. The van der Waals surface area contributed by atoms with Crippen LogP contribution in [0.5, 0.6) is 11.6 Å². The number of nitrogens with zero attached hydrogens (tertiary/aromatic N) is 2. The third-order valence-electron chi connectivity index (χ3n) is 8.33. The second kappa shape index (κ2) is 10.5. The minimum atomic E-state index is -2.52. The third kappa shape index (κ3) is 4.09. The summed E-state index contributed by atoms with van der Waals surface area (Å²) in [5, 5.41) is 27.5. The molecule has 1 aromatic carbocycles. The number of hydrogen-bond acceptors (Lipinski definition) is 10. The van der Waals surface area contributed by atoms with Crippen LogP contribution in [-0.2, 0) is 11.2 Å². The maximum absolute atomic E-state index is 15.2. The first kappa shape index (κ1) is 28.1. The van der Waals surface area contributed by atoms with Crippen LogP contribution in [0.3, 0.4) is 0 Å². The molecule has 2 aromatic rings. The van der Waals surface area contributed by atoms with E-state index in [2.05, 4.69) is 5.16 Å². The van der Waals surface area contributed by atoms with E-state index in [-0.39, 0.29) is 71.4 Å². The molecule has 3 aliphatic rings. The number of aliphatic hydroxyl groups excluding tert-OH is 1. The predicted molar refractivity (Wildman–Crippen MR) is 144 cm³/mol. The van der Waals surface area contributed by atoms with Crippen LogP contribution in [-0.4, -0.2) is 64.7 Å². The van der Waals surface area contributed by atoms with Crippen LogP contribution in [0, 0.1) is 17.7 Å². The number of aromatic nitrogens is 1. The third-order valence-corrected chi connectivity index (χ3v) is 8.33. The molecule has 1 heterocycles. The number of benzene rings is 1. The SMILES string of the molecule is CCCCOc1noc2c1C(=O)[C@@]1(O)C(=O)C3=C(O)c4c(c(F)cc(N)c4OCCCC)C[C@H]3C[C@H]1[C@@H]2N(C)C. The molecule has 5 rings (SSSR count). The summed E-state index contributed by atoms with van der Waals surface area (Å²) in [7, 11) is 3.49. The van der Waals surface area contributed by atoms with E-state index < -0.39 is 46.6 Å². The zero-order valence-electron chi connectivity index (χ0n) is 23.3. The minimum absolute atomic E-state index is 0.00285. The zero-order valence-corrected chi connectivity index (χ0v) is 23.3. The molecule has 1 fully saturated rings. The van der Waals surface area contributed by atoms with Gasteiger partial charge in [0.25, 0.3) is 5.88 Å². The molecule has 1 aromatic heterocycles. The number of nitrogens with two attached hydrogens (primary N) is 1. The van der Waals surface area contributed by atoms with Gasteiger partial charge in [-0.1, -0.05) is 26.7 Å². The van der Waals surface area contributed by atoms with Gasteiger partial charge in [-0.3, -0.25) is 14.5 Å². The van der Waals surface area contributed by atoms with Crippen molar-refractivity contribution >= 4 is 23.0 Å². The summed E-state index contributed by atoms with van der Waals surface area (Å²) in [6.45, 7) is 4.54. The maximum Gasteiger partial charge on any atom is 0.265 e. The largest absolute Gasteiger partial charge is 0.507 e. The number of hydrogen-bond donors (Lipinski definition) is 3. The van der Waals surface area contributed by atoms with Crippen molar-refractivity contribution in [2.45, 2.75) is 64.0 Å². The summed E-state index contributed by atoms with van der Waals surface area (Å²) < 4.78 is 32.4. The number of anilines is 1. The van der Waals surface area contributed by atoms with Gasteiger partial charge in [-0.05, 0) is 50.9 Å². The number of rotatable bonds is 9. The number of carbonyl (C=O) groups excluding carboxylic acids is 2.